The van der Waals surface area contributed by atoms with Gasteiger partial charge in [-0.15, -0.1) is 0 Å². The highest BCUT2D eigenvalue weighted by molar-refractivity contribution is 9.11. The molecule has 0 atom stereocenters. The van der Waals surface area contributed by atoms with Crippen LogP contribution in [-0.4, -0.2) is 0 Å². The second kappa shape index (κ2) is 11.6. The Labute approximate surface area is 267 Å². The van der Waals surface area contributed by atoms with Crippen LogP contribution in [-0.2, 0) is 5.41 Å². The van der Waals surface area contributed by atoms with Crippen LogP contribution in [0.4, 0.5) is 0 Å². The summed E-state index contributed by atoms with van der Waals surface area (Å²) in [6.45, 7) is 15.7. The van der Waals surface area contributed by atoms with Crippen molar-refractivity contribution in [2.45, 2.75) is 53.9 Å². The highest BCUT2D eigenvalue weighted by atomic mass is 79.9. The maximum Gasteiger partial charge on any atom is 0.0484 e. The number of benzene rings is 5. The number of hydrogen-bond donors (Lipinski definition) is 0. The maximum absolute atomic E-state index is 6.82. The molecule has 208 valence electrons. The molecule has 0 aliphatic heterocycles. The third kappa shape index (κ3) is 5.59. The largest absolute Gasteiger partial charge is 0.0837 e. The fourth-order valence-electron chi connectivity index (χ4n) is 5.62. The minimum atomic E-state index is 0.0748. The van der Waals surface area contributed by atoms with Crippen molar-refractivity contribution in [3.8, 4) is 44.5 Å². The number of hydrogen-bond acceptors (Lipinski definition) is 0. The maximum atomic E-state index is 6.82. The SMILES string of the molecule is Cc1c(C)c(C)c(-c2cc(-c3ccccc3Cl)cc(-c3ccccc3Br)c2-c2ccc(C(C)(C)C)cc2)c(Br)c1C. The highest BCUT2D eigenvalue weighted by Gasteiger charge is 2.24. The molecule has 0 fully saturated rings. The third-order valence-electron chi connectivity index (χ3n) is 8.41. The van der Waals surface area contributed by atoms with Gasteiger partial charge in [-0.2, -0.15) is 0 Å². The van der Waals surface area contributed by atoms with Crippen molar-refractivity contribution in [1.82, 2.24) is 0 Å². The summed E-state index contributed by atoms with van der Waals surface area (Å²) in [5.41, 5.74) is 15.8. The molecular weight excluding hydrogens is 652 g/mol. The standard InChI is InChI=1S/C38H35Br2Cl/c1-22-23(2)25(4)37(40)35(24(22)3)32-21-27(29-12-9-11-15-34(29)41)20-31(30-13-8-10-14-33(30)39)36(32)26-16-18-28(19-17-26)38(5,6)7/h8-21H,1-7H3. The molecule has 0 nitrogen and oxygen atoms in total. The molecule has 0 aromatic heterocycles. The van der Waals surface area contributed by atoms with Gasteiger partial charge >= 0.3 is 0 Å². The Hall–Kier alpha value is -2.65. The van der Waals surface area contributed by atoms with E-state index in [0.29, 0.717) is 0 Å². The Morgan fingerprint density at radius 1 is 0.537 bits per heavy atom. The van der Waals surface area contributed by atoms with Crippen LogP contribution in [0.25, 0.3) is 44.5 Å². The lowest BCUT2D eigenvalue weighted by Crippen LogP contribution is -2.10. The average molecular weight is 687 g/mol. The molecule has 41 heavy (non-hydrogen) atoms. The van der Waals surface area contributed by atoms with E-state index >= 15 is 0 Å². The summed E-state index contributed by atoms with van der Waals surface area (Å²) in [6.07, 6.45) is 0. The summed E-state index contributed by atoms with van der Waals surface area (Å²) in [5, 5.41) is 0.742. The van der Waals surface area contributed by atoms with Crippen LogP contribution in [0.3, 0.4) is 0 Å². The van der Waals surface area contributed by atoms with E-state index in [1.54, 1.807) is 0 Å². The molecule has 0 spiro atoms. The Bertz CT molecular complexity index is 1740. The van der Waals surface area contributed by atoms with Crippen LogP contribution in [0.2, 0.25) is 5.02 Å². The van der Waals surface area contributed by atoms with Gasteiger partial charge in [0.25, 0.3) is 0 Å². The van der Waals surface area contributed by atoms with Crippen LogP contribution in [0, 0.1) is 27.7 Å². The quantitative estimate of drug-likeness (QED) is 0.177. The molecule has 0 bridgehead atoms. The molecule has 0 radical (unpaired) electrons. The van der Waals surface area contributed by atoms with E-state index < -0.39 is 0 Å². The van der Waals surface area contributed by atoms with Gasteiger partial charge < -0.3 is 0 Å². The number of rotatable bonds is 4. The molecule has 0 N–H and O–H groups in total. The molecule has 0 heterocycles. The monoisotopic (exact) mass is 684 g/mol. The second-order valence-corrected chi connectivity index (χ2v) is 14.0. The van der Waals surface area contributed by atoms with Crippen LogP contribution >= 0.6 is 43.5 Å². The fourth-order valence-corrected chi connectivity index (χ4v) is 7.17. The van der Waals surface area contributed by atoms with Crippen molar-refractivity contribution in [2.75, 3.05) is 0 Å². The van der Waals surface area contributed by atoms with E-state index in [-0.39, 0.29) is 5.41 Å². The van der Waals surface area contributed by atoms with E-state index in [9.17, 15) is 0 Å². The molecule has 3 heteroatoms. The first-order valence-electron chi connectivity index (χ1n) is 13.9. The predicted octanol–water partition coefficient (Wildman–Crippen LogP) is 13.1. The molecule has 5 aromatic carbocycles. The molecule has 0 aliphatic rings. The zero-order chi connectivity index (χ0) is 29.6. The first kappa shape index (κ1) is 29.8. The fraction of sp³-hybridized carbons (Fsp3) is 0.211. The van der Waals surface area contributed by atoms with E-state index in [1.165, 1.54) is 50.1 Å². The summed E-state index contributed by atoms with van der Waals surface area (Å²) in [6, 6.07) is 30.4. The van der Waals surface area contributed by atoms with Crippen LogP contribution in [0.5, 0.6) is 0 Å². The van der Waals surface area contributed by atoms with E-state index in [1.807, 2.05) is 12.1 Å². The van der Waals surface area contributed by atoms with Gasteiger partial charge in [-0.3, -0.25) is 0 Å². The van der Waals surface area contributed by atoms with Crippen molar-refractivity contribution in [1.29, 1.82) is 0 Å². The summed E-state index contributed by atoms with van der Waals surface area (Å²) in [5.74, 6) is 0. The zero-order valence-electron chi connectivity index (χ0n) is 24.7. The Balaban J connectivity index is 1.98. The van der Waals surface area contributed by atoms with E-state index in [0.717, 1.165) is 36.2 Å². The van der Waals surface area contributed by atoms with Gasteiger partial charge in [-0.05, 0) is 140 Å². The molecule has 0 saturated heterocycles. The van der Waals surface area contributed by atoms with Gasteiger partial charge in [-0.1, -0.05) is 109 Å². The molecule has 0 aliphatic carbocycles. The van der Waals surface area contributed by atoms with Gasteiger partial charge in [0.05, 0.1) is 0 Å². The zero-order valence-corrected chi connectivity index (χ0v) is 28.6. The Kier molecular flexibility index (Phi) is 8.41. The summed E-state index contributed by atoms with van der Waals surface area (Å²) in [7, 11) is 0. The van der Waals surface area contributed by atoms with Gasteiger partial charge in [0, 0.05) is 19.5 Å². The highest BCUT2D eigenvalue weighted by Crippen LogP contribution is 2.49. The normalized spacial score (nSPS) is 11.7. The second-order valence-electron chi connectivity index (χ2n) is 11.9. The number of halogens is 3. The molecular formula is C38H35Br2Cl. The smallest absolute Gasteiger partial charge is 0.0484 e. The Morgan fingerprint density at radius 2 is 1.10 bits per heavy atom. The van der Waals surface area contributed by atoms with Gasteiger partial charge in [0.2, 0.25) is 0 Å². The van der Waals surface area contributed by atoms with Crippen molar-refractivity contribution in [3.63, 3.8) is 0 Å². The first-order valence-corrected chi connectivity index (χ1v) is 15.9. The minimum Gasteiger partial charge on any atom is -0.0837 e. The van der Waals surface area contributed by atoms with Gasteiger partial charge in [-0.25, -0.2) is 0 Å². The van der Waals surface area contributed by atoms with Gasteiger partial charge in [0.15, 0.2) is 0 Å². The average Bonchev–Trinajstić information content (AvgIpc) is 2.95. The van der Waals surface area contributed by atoms with E-state index in [4.69, 9.17) is 11.6 Å². The summed E-state index contributed by atoms with van der Waals surface area (Å²) >= 11 is 14.8. The molecule has 0 unspecified atom stereocenters. The predicted molar refractivity (Wildman–Crippen MR) is 186 cm³/mol. The Morgan fingerprint density at radius 3 is 1.71 bits per heavy atom. The minimum absolute atomic E-state index is 0.0748. The van der Waals surface area contributed by atoms with Crippen molar-refractivity contribution in [2.24, 2.45) is 0 Å². The lowest BCUT2D eigenvalue weighted by Gasteiger charge is -2.25. The van der Waals surface area contributed by atoms with Crippen LogP contribution in [0.15, 0.2) is 93.9 Å². The summed E-state index contributed by atoms with van der Waals surface area (Å²) in [4.78, 5) is 0. The lowest BCUT2D eigenvalue weighted by molar-refractivity contribution is 0.590. The van der Waals surface area contributed by atoms with Crippen LogP contribution < -0.4 is 0 Å². The van der Waals surface area contributed by atoms with Gasteiger partial charge in [0.1, 0.15) is 0 Å². The topological polar surface area (TPSA) is 0 Å². The first-order chi connectivity index (χ1) is 19.4. The lowest BCUT2D eigenvalue weighted by atomic mass is 9.81. The summed E-state index contributed by atoms with van der Waals surface area (Å²) < 4.78 is 2.20. The van der Waals surface area contributed by atoms with Crippen LogP contribution in [0.1, 0.15) is 48.6 Å². The molecule has 0 amide bonds. The van der Waals surface area contributed by atoms with Crippen molar-refractivity contribution in [3.05, 3.63) is 127 Å². The molecule has 5 aromatic rings. The third-order valence-corrected chi connectivity index (χ3v) is 10.4. The van der Waals surface area contributed by atoms with Crippen molar-refractivity contribution < 1.29 is 0 Å². The van der Waals surface area contributed by atoms with Crippen molar-refractivity contribution >= 4 is 43.5 Å². The van der Waals surface area contributed by atoms with E-state index in [2.05, 4.69) is 153 Å². The molecule has 0 saturated carbocycles. The molecule has 5 rings (SSSR count).